The predicted molar refractivity (Wildman–Crippen MR) is 88.0 cm³/mol. The Labute approximate surface area is 138 Å². The minimum absolute atomic E-state index is 0.0642. The maximum Gasteiger partial charge on any atom is 0.264 e. The van der Waals surface area contributed by atoms with Crippen LogP contribution in [0, 0.1) is 5.82 Å². The van der Waals surface area contributed by atoms with Gasteiger partial charge in [-0.25, -0.2) is 4.39 Å². The van der Waals surface area contributed by atoms with Gasteiger partial charge < -0.3 is 10.0 Å². The number of hydrogen-bond donors (Lipinski definition) is 1. The summed E-state index contributed by atoms with van der Waals surface area (Å²) in [6, 6.07) is 10.0. The van der Waals surface area contributed by atoms with Crippen molar-refractivity contribution < 1.29 is 14.3 Å². The standard InChI is InChI=1S/C17H19FN2O2S/c18-14-5-2-1-4-13(14)15(21)12-19-7-9-20(10-8-19)17(22)16-6-3-11-23-16/h1-6,11,15,21H,7-10,12H2. The predicted octanol–water partition coefficient (Wildman–Crippen LogP) is 2.38. The van der Waals surface area contributed by atoms with Gasteiger partial charge in [0.15, 0.2) is 0 Å². The number of hydrogen-bond acceptors (Lipinski definition) is 4. The quantitative estimate of drug-likeness (QED) is 0.934. The molecule has 1 saturated heterocycles. The maximum absolute atomic E-state index is 13.7. The Balaban J connectivity index is 1.53. The first-order chi connectivity index (χ1) is 11.1. The van der Waals surface area contributed by atoms with Crippen molar-refractivity contribution in [3.63, 3.8) is 0 Å². The molecule has 1 unspecified atom stereocenters. The second-order valence-corrected chi connectivity index (χ2v) is 6.56. The first-order valence-electron chi connectivity index (χ1n) is 7.63. The molecule has 3 rings (SSSR count). The number of aliphatic hydroxyl groups excluding tert-OH is 1. The number of β-amino-alcohol motifs (C(OH)–C–C–N with tert-alkyl or cyclic N) is 1. The summed E-state index contributed by atoms with van der Waals surface area (Å²) in [6.45, 7) is 2.99. The third kappa shape index (κ3) is 3.77. The van der Waals surface area contributed by atoms with Gasteiger partial charge in [-0.2, -0.15) is 0 Å². The molecule has 1 aliphatic rings. The summed E-state index contributed by atoms with van der Waals surface area (Å²) in [5.74, 6) is -0.319. The van der Waals surface area contributed by atoms with Crippen molar-refractivity contribution in [2.75, 3.05) is 32.7 Å². The van der Waals surface area contributed by atoms with E-state index in [-0.39, 0.29) is 11.7 Å². The van der Waals surface area contributed by atoms with Gasteiger partial charge in [0.05, 0.1) is 11.0 Å². The molecule has 0 radical (unpaired) electrons. The van der Waals surface area contributed by atoms with Gasteiger partial charge >= 0.3 is 0 Å². The Bertz CT molecular complexity index is 654. The molecule has 2 aromatic rings. The molecule has 1 fully saturated rings. The molecule has 1 aromatic carbocycles. The van der Waals surface area contributed by atoms with Crippen LogP contribution in [0.15, 0.2) is 41.8 Å². The van der Waals surface area contributed by atoms with E-state index >= 15 is 0 Å². The molecule has 0 spiro atoms. The fourth-order valence-electron chi connectivity index (χ4n) is 2.78. The third-order valence-electron chi connectivity index (χ3n) is 4.09. The summed E-state index contributed by atoms with van der Waals surface area (Å²) in [5.41, 5.74) is 0.324. The van der Waals surface area contributed by atoms with E-state index in [4.69, 9.17) is 0 Å². The number of halogens is 1. The van der Waals surface area contributed by atoms with Crippen LogP contribution in [0.2, 0.25) is 0 Å². The van der Waals surface area contributed by atoms with E-state index < -0.39 is 6.10 Å². The van der Waals surface area contributed by atoms with Crippen LogP contribution in [0.3, 0.4) is 0 Å². The molecule has 0 saturated carbocycles. The number of rotatable bonds is 4. The molecular weight excluding hydrogens is 315 g/mol. The molecule has 1 amide bonds. The average Bonchev–Trinajstić information content (AvgIpc) is 3.09. The fraction of sp³-hybridized carbons (Fsp3) is 0.353. The van der Waals surface area contributed by atoms with E-state index in [1.807, 2.05) is 22.4 Å². The number of carbonyl (C=O) groups excluding carboxylic acids is 1. The highest BCUT2D eigenvalue weighted by atomic mass is 32.1. The summed E-state index contributed by atoms with van der Waals surface area (Å²) in [6.07, 6.45) is -0.851. The van der Waals surface area contributed by atoms with Crippen LogP contribution in [0.4, 0.5) is 4.39 Å². The van der Waals surface area contributed by atoms with Crippen LogP contribution in [0.1, 0.15) is 21.3 Å². The SMILES string of the molecule is O=C(c1cccs1)N1CCN(CC(O)c2ccccc2F)CC1. The van der Waals surface area contributed by atoms with Crippen molar-refractivity contribution in [3.05, 3.63) is 58.0 Å². The van der Waals surface area contributed by atoms with Gasteiger partial charge in [-0.15, -0.1) is 11.3 Å². The summed E-state index contributed by atoms with van der Waals surface area (Å²) < 4.78 is 13.7. The van der Waals surface area contributed by atoms with Crippen molar-refractivity contribution in [1.82, 2.24) is 9.80 Å². The van der Waals surface area contributed by atoms with Crippen molar-refractivity contribution in [3.8, 4) is 0 Å². The second kappa shape index (κ2) is 7.21. The lowest BCUT2D eigenvalue weighted by atomic mass is 10.1. The number of amides is 1. The van der Waals surface area contributed by atoms with Gasteiger partial charge in [-0.05, 0) is 17.5 Å². The van der Waals surface area contributed by atoms with Gasteiger partial charge in [0, 0.05) is 38.3 Å². The van der Waals surface area contributed by atoms with Crippen LogP contribution in [0.5, 0.6) is 0 Å². The second-order valence-electron chi connectivity index (χ2n) is 5.61. The number of aliphatic hydroxyl groups is 1. The Hall–Kier alpha value is -1.76. The monoisotopic (exact) mass is 334 g/mol. The molecule has 1 N–H and O–H groups in total. The van der Waals surface area contributed by atoms with Gasteiger partial charge in [-0.1, -0.05) is 24.3 Å². The molecule has 0 aliphatic carbocycles. The lowest BCUT2D eigenvalue weighted by molar-refractivity contribution is 0.0526. The topological polar surface area (TPSA) is 43.8 Å². The van der Waals surface area contributed by atoms with Crippen molar-refractivity contribution in [1.29, 1.82) is 0 Å². The molecule has 1 aromatic heterocycles. The molecule has 6 heteroatoms. The molecule has 1 atom stereocenters. The first-order valence-corrected chi connectivity index (χ1v) is 8.51. The van der Waals surface area contributed by atoms with Crippen molar-refractivity contribution in [2.24, 2.45) is 0 Å². The fourth-order valence-corrected chi connectivity index (χ4v) is 3.47. The Kier molecular flexibility index (Phi) is 5.05. The molecular formula is C17H19FN2O2S. The molecule has 2 heterocycles. The lowest BCUT2D eigenvalue weighted by Crippen LogP contribution is -2.49. The smallest absolute Gasteiger partial charge is 0.264 e. The molecule has 4 nitrogen and oxygen atoms in total. The number of carbonyl (C=O) groups is 1. The first kappa shape index (κ1) is 16.1. The maximum atomic E-state index is 13.7. The Morgan fingerprint density at radius 1 is 1.17 bits per heavy atom. The van der Waals surface area contributed by atoms with Crippen LogP contribution < -0.4 is 0 Å². The van der Waals surface area contributed by atoms with E-state index in [1.165, 1.54) is 17.4 Å². The average molecular weight is 334 g/mol. The third-order valence-corrected chi connectivity index (χ3v) is 4.94. The number of nitrogens with zero attached hydrogens (tertiary/aromatic N) is 2. The van der Waals surface area contributed by atoms with E-state index in [9.17, 15) is 14.3 Å². The number of benzene rings is 1. The summed E-state index contributed by atoms with van der Waals surface area (Å²) in [5, 5.41) is 12.1. The summed E-state index contributed by atoms with van der Waals surface area (Å²) in [4.78, 5) is 16.9. The minimum atomic E-state index is -0.851. The molecule has 0 bridgehead atoms. The van der Waals surface area contributed by atoms with E-state index in [0.29, 0.717) is 38.3 Å². The van der Waals surface area contributed by atoms with Crippen LogP contribution in [-0.2, 0) is 0 Å². The van der Waals surface area contributed by atoms with Gasteiger partial charge in [-0.3, -0.25) is 9.69 Å². The number of thiophene rings is 1. The summed E-state index contributed by atoms with van der Waals surface area (Å²) >= 11 is 1.45. The van der Waals surface area contributed by atoms with E-state index in [0.717, 1.165) is 4.88 Å². The van der Waals surface area contributed by atoms with Crippen molar-refractivity contribution >= 4 is 17.2 Å². The van der Waals surface area contributed by atoms with Crippen LogP contribution in [0.25, 0.3) is 0 Å². The van der Waals surface area contributed by atoms with E-state index in [1.54, 1.807) is 18.2 Å². The highest BCUT2D eigenvalue weighted by Gasteiger charge is 2.24. The normalized spacial score (nSPS) is 17.2. The van der Waals surface area contributed by atoms with Crippen LogP contribution in [-0.4, -0.2) is 53.5 Å². The number of piperazine rings is 1. The molecule has 23 heavy (non-hydrogen) atoms. The zero-order valence-corrected chi connectivity index (χ0v) is 13.5. The largest absolute Gasteiger partial charge is 0.387 e. The Morgan fingerprint density at radius 3 is 2.57 bits per heavy atom. The Morgan fingerprint density at radius 2 is 1.91 bits per heavy atom. The molecule has 122 valence electrons. The van der Waals surface area contributed by atoms with Crippen LogP contribution >= 0.6 is 11.3 Å². The highest BCUT2D eigenvalue weighted by Crippen LogP contribution is 2.19. The highest BCUT2D eigenvalue weighted by molar-refractivity contribution is 7.12. The minimum Gasteiger partial charge on any atom is -0.387 e. The van der Waals surface area contributed by atoms with Gasteiger partial charge in [0.1, 0.15) is 5.82 Å². The summed E-state index contributed by atoms with van der Waals surface area (Å²) in [7, 11) is 0. The van der Waals surface area contributed by atoms with Gasteiger partial charge in [0.2, 0.25) is 0 Å². The van der Waals surface area contributed by atoms with Crippen molar-refractivity contribution in [2.45, 2.75) is 6.10 Å². The van der Waals surface area contributed by atoms with E-state index in [2.05, 4.69) is 4.90 Å². The lowest BCUT2D eigenvalue weighted by Gasteiger charge is -2.35. The zero-order valence-electron chi connectivity index (χ0n) is 12.7. The van der Waals surface area contributed by atoms with Gasteiger partial charge in [0.25, 0.3) is 5.91 Å². The molecule has 1 aliphatic heterocycles. The zero-order chi connectivity index (χ0) is 16.2.